The Morgan fingerprint density at radius 2 is 0.340 bits per heavy atom. The Hall–Kier alpha value is 2.65. The van der Waals surface area contributed by atoms with Crippen molar-refractivity contribution in [3.05, 3.63) is 0 Å². The van der Waals surface area contributed by atoms with E-state index < -0.39 is 15.6 Å². The summed E-state index contributed by atoms with van der Waals surface area (Å²) in [5.41, 5.74) is 7.61. The molecule has 0 unspecified atom stereocenters. The molecule has 0 heterocycles. The van der Waals surface area contributed by atoms with E-state index >= 15 is 0 Å². The van der Waals surface area contributed by atoms with Crippen molar-refractivity contribution in [1.29, 1.82) is 0 Å². The molecule has 0 atom stereocenters. The molecule has 0 rings (SSSR count). The molecule has 22 heteroatoms. The Kier molecular flexibility index (Phi) is 35.4. The monoisotopic (exact) mass is 968 g/mol. The summed E-state index contributed by atoms with van der Waals surface area (Å²) in [6.07, 6.45) is 6.24. The molecule has 0 aliphatic carbocycles. The number of halogens is 12. The van der Waals surface area contributed by atoms with Gasteiger partial charge in [0, 0.05) is 31.7 Å². The maximum Gasteiger partial charge on any atom is 2.00 e. The van der Waals surface area contributed by atoms with Crippen molar-refractivity contribution in [2.45, 2.75) is 156 Å². The van der Waals surface area contributed by atoms with Crippen LogP contribution in [0.5, 0.6) is 0 Å². The van der Waals surface area contributed by atoms with E-state index in [1.54, 1.807) is 24.6 Å². The van der Waals surface area contributed by atoms with E-state index in [0.717, 1.165) is 45.3 Å². The van der Waals surface area contributed by atoms with Crippen molar-refractivity contribution in [1.82, 2.24) is 0 Å². The van der Waals surface area contributed by atoms with Crippen LogP contribution in [0.1, 0.15) is 111 Å². The smallest absolute Gasteiger partial charge is 0.870 e. The Bertz CT molecular complexity index is 668. The third-order valence-electron chi connectivity index (χ3n) is 7.34. The zero-order valence-corrected chi connectivity index (χ0v) is 40.2. The van der Waals surface area contributed by atoms with Gasteiger partial charge in [0.05, 0.1) is 69.9 Å². The van der Waals surface area contributed by atoms with Crippen LogP contribution in [0.2, 0.25) is 0 Å². The first-order valence-electron chi connectivity index (χ1n) is 16.0. The van der Waals surface area contributed by atoms with Gasteiger partial charge < -0.3 is 11.0 Å². The second kappa shape index (κ2) is 25.1. The van der Waals surface area contributed by atoms with Crippen LogP contribution in [0.25, 0.3) is 0 Å². The molecule has 0 fully saturated rings. The van der Waals surface area contributed by atoms with Gasteiger partial charge in [0.1, 0.15) is 0 Å². The summed E-state index contributed by atoms with van der Waals surface area (Å²) >= 11 is 0. The van der Waals surface area contributed by atoms with Crippen molar-refractivity contribution in [2.75, 3.05) is 24.6 Å². The average molecular weight is 970 g/mol. The molecule has 2 nitrogen and oxygen atoms in total. The first-order valence-corrected chi connectivity index (χ1v) is 27.5. The van der Waals surface area contributed by atoms with Gasteiger partial charge in [-0.3, -0.25) is 0 Å². The zero-order chi connectivity index (χ0) is 38.6. The maximum atomic E-state index is 9.87. The average Bonchev–Trinajstić information content (AvgIpc) is 2.67. The van der Waals surface area contributed by atoms with E-state index in [0.29, 0.717) is 0 Å². The molecule has 0 spiro atoms. The Morgan fingerprint density at radius 3 is 0.380 bits per heavy atom. The summed E-state index contributed by atoms with van der Waals surface area (Å²) in [6.45, 7) is 39.0. The Morgan fingerprint density at radius 1 is 0.280 bits per heavy atom. The quantitative estimate of drug-likeness (QED) is 0.0989. The Labute approximate surface area is 321 Å². The number of hydrogen-bond donors (Lipinski definition) is 0. The van der Waals surface area contributed by atoms with Crippen molar-refractivity contribution in [3.8, 4) is 0 Å². The SMILES string of the molecule is CC(C)[PH+](CC[PH+](C(C)C)C(C)C)C(C)C.CC(C)[PH+](CC[PH+](C(C)C)C(C)C)C(C)C.F[P-](F)(F)(F)(F)F.F[P-](F)(F)(F)(F)F.[Ni+2].[Ni+2].[OH-].[OH-]. The van der Waals surface area contributed by atoms with E-state index in [2.05, 4.69) is 111 Å². The fourth-order valence-corrected chi connectivity index (χ4v) is 20.1. The van der Waals surface area contributed by atoms with Crippen molar-refractivity contribution in [2.24, 2.45) is 0 Å². The molecule has 0 amide bonds. The van der Waals surface area contributed by atoms with Gasteiger partial charge in [-0.05, 0) is 111 Å². The molecule has 0 bridgehead atoms. The molecule has 0 radical (unpaired) electrons. The van der Waals surface area contributed by atoms with Gasteiger partial charge in [-0.1, -0.05) is 0 Å². The fourth-order valence-electron chi connectivity index (χ4n) is 5.55. The first kappa shape index (κ1) is 70.4. The van der Waals surface area contributed by atoms with Crippen molar-refractivity contribution >= 4 is 47.3 Å². The standard InChI is InChI=1S/2C14H32P2.2F6P.2Ni.2H2O/c2*1-11(2)15(12(3)4)9-10-16(13(5)6)14(7)8;2*1-7(2,3,4,5)6;;;;/h2*11-14H,9-10H2,1-8H3;;;;;2*1H2/q;;2*-1;2*+2;;/p+2. The molecule has 50 heavy (non-hydrogen) atoms. The van der Waals surface area contributed by atoms with E-state index in [9.17, 15) is 50.4 Å². The minimum Gasteiger partial charge on any atom is -0.870 e. The second-order valence-corrected chi connectivity index (χ2v) is 34.1. The van der Waals surface area contributed by atoms with Crippen LogP contribution in [0.3, 0.4) is 0 Å². The van der Waals surface area contributed by atoms with Crippen LogP contribution in [0.4, 0.5) is 50.4 Å². The summed E-state index contributed by atoms with van der Waals surface area (Å²) in [4.78, 5) is 0. The van der Waals surface area contributed by atoms with Crippen molar-refractivity contribution in [3.63, 3.8) is 0 Å². The first-order chi connectivity index (χ1) is 19.4. The molecule has 324 valence electrons. The van der Waals surface area contributed by atoms with E-state index in [1.165, 1.54) is 0 Å². The summed E-state index contributed by atoms with van der Waals surface area (Å²) in [7, 11) is -21.8. The van der Waals surface area contributed by atoms with Crippen molar-refractivity contribution < 1.29 is 94.3 Å². The molecule has 0 saturated carbocycles. The predicted octanol–water partition coefficient (Wildman–Crippen LogP) is 16.5. The summed E-state index contributed by atoms with van der Waals surface area (Å²) in [6, 6.07) is 0. The Balaban J connectivity index is -0.0000000813. The van der Waals surface area contributed by atoms with Gasteiger partial charge in [0.25, 0.3) is 0 Å². The minimum atomic E-state index is -10.7. The van der Waals surface area contributed by atoms with E-state index in [4.69, 9.17) is 0 Å². The van der Waals surface area contributed by atoms with Gasteiger partial charge in [-0.15, -0.1) is 0 Å². The molecular formula is C28H70F12Ni2O2P6+4. The zero-order valence-electron chi connectivity index (χ0n) is 32.4. The van der Waals surface area contributed by atoms with Gasteiger partial charge in [-0.2, -0.15) is 0 Å². The molecule has 0 aliphatic heterocycles. The summed E-state index contributed by atoms with van der Waals surface area (Å²) in [5.74, 6) is 0. The fraction of sp³-hybridized carbons (Fsp3) is 1.00. The van der Waals surface area contributed by atoms with Crippen LogP contribution >= 0.6 is 47.3 Å². The normalized spacial score (nSPS) is 14.9. The third-order valence-corrected chi connectivity index (χ3v) is 23.5. The van der Waals surface area contributed by atoms with E-state index in [1.807, 2.05) is 0 Å². The van der Waals surface area contributed by atoms with Crippen LogP contribution in [0.15, 0.2) is 0 Å². The van der Waals surface area contributed by atoms with Crippen LogP contribution in [-0.2, 0) is 33.0 Å². The number of rotatable bonds is 14. The van der Waals surface area contributed by atoms with Gasteiger partial charge >= 0.3 is 99.0 Å². The minimum absolute atomic E-state index is 0. The topological polar surface area (TPSA) is 60.0 Å². The molecule has 2 N–H and O–H groups in total. The second-order valence-electron chi connectivity index (χ2n) is 14.5. The molecular weight excluding hydrogens is 900 g/mol. The predicted molar refractivity (Wildman–Crippen MR) is 205 cm³/mol. The third kappa shape index (κ3) is 62.6. The maximum absolute atomic E-state index is 10.7. The van der Waals surface area contributed by atoms with Crippen LogP contribution < -0.4 is 0 Å². The molecule has 0 aromatic heterocycles. The molecule has 0 aliphatic rings. The summed E-state index contributed by atoms with van der Waals surface area (Å²) < 4.78 is 118. The van der Waals surface area contributed by atoms with Crippen LogP contribution in [-0.4, -0.2) is 80.9 Å². The van der Waals surface area contributed by atoms with Gasteiger partial charge in [0.2, 0.25) is 0 Å². The number of hydrogen-bond acceptors (Lipinski definition) is 2. The van der Waals surface area contributed by atoms with Crippen LogP contribution in [0, 0.1) is 0 Å². The molecule has 0 aromatic rings. The molecule has 0 aromatic carbocycles. The van der Waals surface area contributed by atoms with E-state index in [-0.39, 0.29) is 75.6 Å². The van der Waals surface area contributed by atoms with Gasteiger partial charge in [0.15, 0.2) is 0 Å². The van der Waals surface area contributed by atoms with Gasteiger partial charge in [-0.25, -0.2) is 0 Å². The summed E-state index contributed by atoms with van der Waals surface area (Å²) in [5, 5.41) is 0. The molecule has 0 saturated heterocycles. The largest absolute Gasteiger partial charge is 2.00 e.